The first-order valence-corrected chi connectivity index (χ1v) is 11.2. The summed E-state index contributed by atoms with van der Waals surface area (Å²) in [5, 5.41) is 13.4. The van der Waals surface area contributed by atoms with Gasteiger partial charge in [0.2, 0.25) is 0 Å². The average Bonchev–Trinajstić information content (AvgIpc) is 2.72. The highest BCUT2D eigenvalue weighted by atomic mass is 35.5. The van der Waals surface area contributed by atoms with Gasteiger partial charge >= 0.3 is 0 Å². The van der Waals surface area contributed by atoms with Crippen LogP contribution in [0.4, 0.5) is 0 Å². The van der Waals surface area contributed by atoms with Crippen LogP contribution in [0.15, 0.2) is 36.4 Å². The number of halogens is 1. The third-order valence-corrected chi connectivity index (χ3v) is 5.57. The van der Waals surface area contributed by atoms with Gasteiger partial charge in [-0.05, 0) is 42.8 Å². The Morgan fingerprint density at radius 3 is 2.07 bits per heavy atom. The smallest absolute Gasteiger partial charge is 0.125 e. The third-order valence-electron chi connectivity index (χ3n) is 5.57. The van der Waals surface area contributed by atoms with Crippen molar-refractivity contribution in [3.8, 4) is 5.75 Å². The fourth-order valence-electron chi connectivity index (χ4n) is 3.95. The Morgan fingerprint density at radius 2 is 1.48 bits per heavy atom. The number of hydrogen-bond donors (Lipinski definition) is 1. The van der Waals surface area contributed by atoms with Gasteiger partial charge in [-0.2, -0.15) is 0 Å². The molecule has 0 aliphatic carbocycles. The summed E-state index contributed by atoms with van der Waals surface area (Å²) in [6, 6.07) is 12.3. The van der Waals surface area contributed by atoms with Crippen molar-refractivity contribution >= 4 is 23.2 Å². The highest BCUT2D eigenvalue weighted by molar-refractivity contribution is 5.88. The van der Waals surface area contributed by atoms with Gasteiger partial charge in [0.25, 0.3) is 0 Å². The van der Waals surface area contributed by atoms with Crippen molar-refractivity contribution < 1.29 is 9.84 Å². The van der Waals surface area contributed by atoms with Gasteiger partial charge < -0.3 is 14.7 Å². The molecule has 0 saturated heterocycles. The van der Waals surface area contributed by atoms with Crippen LogP contribution in [-0.4, -0.2) is 36.8 Å². The molecule has 2 aromatic rings. The molecule has 4 heteroatoms. The molecule has 0 aliphatic heterocycles. The predicted molar refractivity (Wildman–Crippen MR) is 127 cm³/mol. The molecule has 0 amide bonds. The van der Waals surface area contributed by atoms with E-state index in [4.69, 9.17) is 4.74 Å². The Labute approximate surface area is 183 Å². The van der Waals surface area contributed by atoms with Crippen LogP contribution in [0.3, 0.4) is 0 Å². The number of nitrogens with zero attached hydrogens (tertiary/aromatic N) is 1. The molecule has 2 aromatic carbocycles. The molecular formula is C25H40ClNO2. The number of aliphatic hydroxyl groups is 1. The van der Waals surface area contributed by atoms with Gasteiger partial charge in [0, 0.05) is 12.1 Å². The summed E-state index contributed by atoms with van der Waals surface area (Å²) in [5.74, 6) is 0.781. The van der Waals surface area contributed by atoms with Crippen molar-refractivity contribution in [3.63, 3.8) is 0 Å². The molecule has 0 aromatic heterocycles. The molecule has 1 unspecified atom stereocenters. The molecule has 0 spiro atoms. The second kappa shape index (κ2) is 14.7. The standard InChI is InChI=1S/C25H39NO2.ClH/c1-4-6-8-12-18-26(19-13-9-7-5-2)20-23(27)25-22-15-11-10-14-21(22)16-17-24(25)28-3;/h10-11,14-17,23,27H,4-9,12-13,18-20H2,1-3H3;1H. The van der Waals surface area contributed by atoms with Gasteiger partial charge in [0.05, 0.1) is 13.2 Å². The molecule has 3 nitrogen and oxygen atoms in total. The van der Waals surface area contributed by atoms with Gasteiger partial charge in [-0.15, -0.1) is 12.4 Å². The van der Waals surface area contributed by atoms with Gasteiger partial charge in [-0.25, -0.2) is 0 Å². The molecule has 1 atom stereocenters. The lowest BCUT2D eigenvalue weighted by atomic mass is 9.98. The van der Waals surface area contributed by atoms with Crippen LogP contribution in [-0.2, 0) is 0 Å². The number of aliphatic hydroxyl groups excluding tert-OH is 1. The maximum absolute atomic E-state index is 11.2. The minimum atomic E-state index is -0.543. The summed E-state index contributed by atoms with van der Waals surface area (Å²) in [7, 11) is 1.69. The minimum absolute atomic E-state index is 0. The summed E-state index contributed by atoms with van der Waals surface area (Å²) >= 11 is 0. The minimum Gasteiger partial charge on any atom is -0.496 e. The number of rotatable bonds is 14. The zero-order valence-electron chi connectivity index (χ0n) is 18.5. The van der Waals surface area contributed by atoms with E-state index in [-0.39, 0.29) is 12.4 Å². The van der Waals surface area contributed by atoms with Crippen molar-refractivity contribution in [2.24, 2.45) is 0 Å². The van der Waals surface area contributed by atoms with E-state index in [9.17, 15) is 5.11 Å². The van der Waals surface area contributed by atoms with Crippen LogP contribution in [0.25, 0.3) is 10.8 Å². The average molecular weight is 422 g/mol. The Balaban J connectivity index is 0.00000420. The fourth-order valence-corrected chi connectivity index (χ4v) is 3.95. The lowest BCUT2D eigenvalue weighted by molar-refractivity contribution is 0.109. The van der Waals surface area contributed by atoms with Crippen LogP contribution in [0.2, 0.25) is 0 Å². The molecule has 1 N–H and O–H groups in total. The first kappa shape index (κ1) is 25.7. The molecule has 2 rings (SSSR count). The first-order chi connectivity index (χ1) is 13.7. The highest BCUT2D eigenvalue weighted by Crippen LogP contribution is 2.33. The van der Waals surface area contributed by atoms with E-state index in [0.717, 1.165) is 35.2 Å². The van der Waals surface area contributed by atoms with Gasteiger partial charge in [0.1, 0.15) is 5.75 Å². The largest absolute Gasteiger partial charge is 0.496 e. The SMILES string of the molecule is CCCCCCN(CCCCCC)CC(O)c1c(OC)ccc2ccccc12.Cl. The molecule has 0 bridgehead atoms. The van der Waals surface area contributed by atoms with Crippen LogP contribution in [0, 0.1) is 0 Å². The monoisotopic (exact) mass is 421 g/mol. The predicted octanol–water partition coefficient (Wildman–Crippen LogP) is 6.77. The number of fused-ring (bicyclic) bond motifs is 1. The molecule has 0 heterocycles. The number of methoxy groups -OCH3 is 1. The number of unbranched alkanes of at least 4 members (excludes halogenated alkanes) is 6. The highest BCUT2D eigenvalue weighted by Gasteiger charge is 2.20. The summed E-state index contributed by atoms with van der Waals surface area (Å²) < 4.78 is 5.60. The third kappa shape index (κ3) is 8.16. The molecule has 0 aliphatic rings. The fraction of sp³-hybridized carbons (Fsp3) is 0.600. The number of benzene rings is 2. The Morgan fingerprint density at radius 1 is 0.862 bits per heavy atom. The van der Waals surface area contributed by atoms with E-state index in [0.29, 0.717) is 6.54 Å². The van der Waals surface area contributed by atoms with Crippen molar-refractivity contribution in [2.75, 3.05) is 26.7 Å². The number of ether oxygens (including phenoxy) is 1. The maximum atomic E-state index is 11.2. The van der Waals surface area contributed by atoms with Crippen LogP contribution >= 0.6 is 12.4 Å². The zero-order valence-corrected chi connectivity index (χ0v) is 19.3. The van der Waals surface area contributed by atoms with Crippen LogP contribution < -0.4 is 4.74 Å². The van der Waals surface area contributed by atoms with Crippen molar-refractivity contribution in [1.82, 2.24) is 4.90 Å². The van der Waals surface area contributed by atoms with Crippen molar-refractivity contribution in [2.45, 2.75) is 71.3 Å². The molecule has 0 saturated carbocycles. The Kier molecular flexibility index (Phi) is 13.0. The second-order valence-corrected chi connectivity index (χ2v) is 7.84. The normalized spacial score (nSPS) is 12.2. The van der Waals surface area contributed by atoms with E-state index < -0.39 is 6.10 Å². The second-order valence-electron chi connectivity index (χ2n) is 7.84. The van der Waals surface area contributed by atoms with E-state index >= 15 is 0 Å². The topological polar surface area (TPSA) is 32.7 Å². The summed E-state index contributed by atoms with van der Waals surface area (Å²) in [6.07, 6.45) is 9.53. The Bertz CT molecular complexity index is 680. The molecule has 0 fully saturated rings. The van der Waals surface area contributed by atoms with Crippen LogP contribution in [0.1, 0.15) is 76.9 Å². The maximum Gasteiger partial charge on any atom is 0.125 e. The zero-order chi connectivity index (χ0) is 20.2. The van der Waals surface area contributed by atoms with Gasteiger partial charge in [-0.3, -0.25) is 0 Å². The lowest BCUT2D eigenvalue weighted by Gasteiger charge is -2.27. The van der Waals surface area contributed by atoms with E-state index in [1.807, 2.05) is 18.2 Å². The van der Waals surface area contributed by atoms with Crippen molar-refractivity contribution in [1.29, 1.82) is 0 Å². The first-order valence-electron chi connectivity index (χ1n) is 11.2. The quantitative estimate of drug-likeness (QED) is 0.342. The summed E-state index contributed by atoms with van der Waals surface area (Å²) in [6.45, 7) is 7.30. The lowest BCUT2D eigenvalue weighted by Crippen LogP contribution is -2.31. The van der Waals surface area contributed by atoms with Gasteiger partial charge in [-0.1, -0.05) is 82.7 Å². The molecule has 29 heavy (non-hydrogen) atoms. The van der Waals surface area contributed by atoms with Crippen molar-refractivity contribution in [3.05, 3.63) is 42.0 Å². The molecule has 164 valence electrons. The van der Waals surface area contributed by atoms with E-state index in [2.05, 4.69) is 36.9 Å². The molecule has 0 radical (unpaired) electrons. The van der Waals surface area contributed by atoms with Gasteiger partial charge in [0.15, 0.2) is 0 Å². The summed E-state index contributed by atoms with van der Waals surface area (Å²) in [5.41, 5.74) is 0.924. The van der Waals surface area contributed by atoms with E-state index in [1.165, 1.54) is 51.4 Å². The molecular weight excluding hydrogens is 382 g/mol. The van der Waals surface area contributed by atoms with E-state index in [1.54, 1.807) is 7.11 Å². The number of hydrogen-bond acceptors (Lipinski definition) is 3. The Hall–Kier alpha value is -1.29. The summed E-state index contributed by atoms with van der Waals surface area (Å²) in [4.78, 5) is 2.46. The van der Waals surface area contributed by atoms with Crippen LogP contribution in [0.5, 0.6) is 5.75 Å².